The summed E-state index contributed by atoms with van der Waals surface area (Å²) in [6.45, 7) is 7.52. The Hall–Kier alpha value is -0.950. The molecule has 1 amide bonds. The second kappa shape index (κ2) is 7.55. The molecule has 3 rings (SSSR count). The van der Waals surface area contributed by atoms with Gasteiger partial charge in [-0.15, -0.1) is 11.3 Å². The quantitative estimate of drug-likeness (QED) is 0.864. The van der Waals surface area contributed by atoms with Crippen molar-refractivity contribution < 1.29 is 9.90 Å². The molecule has 1 aromatic rings. The van der Waals surface area contributed by atoms with Crippen LogP contribution in [0.5, 0.6) is 0 Å². The molecule has 2 aliphatic rings. The Kier molecular flexibility index (Phi) is 5.46. The highest BCUT2D eigenvalue weighted by Crippen LogP contribution is 2.24. The summed E-state index contributed by atoms with van der Waals surface area (Å²) >= 11 is 1.81. The maximum absolute atomic E-state index is 12.4. The standard InChI is InChI=1S/C16H25N3O2S/c20-11-10-18-8-6-17(7-9-18)4-2-16(21)19-5-1-15-14(13-19)3-12-22-15/h3,12,20H,1-2,4-11,13H2. The first-order valence-electron chi connectivity index (χ1n) is 8.15. The minimum Gasteiger partial charge on any atom is -0.395 e. The minimum absolute atomic E-state index is 0.234. The third-order valence-corrected chi connectivity index (χ3v) is 5.71. The van der Waals surface area contributed by atoms with E-state index < -0.39 is 0 Å². The number of fused-ring (bicyclic) bond motifs is 1. The number of hydrogen-bond donors (Lipinski definition) is 1. The van der Waals surface area contributed by atoms with Crippen LogP contribution in [0.3, 0.4) is 0 Å². The van der Waals surface area contributed by atoms with Gasteiger partial charge in [-0.2, -0.15) is 0 Å². The molecule has 122 valence electrons. The fourth-order valence-electron chi connectivity index (χ4n) is 3.25. The highest BCUT2D eigenvalue weighted by atomic mass is 32.1. The number of aliphatic hydroxyl groups is 1. The Labute approximate surface area is 136 Å². The topological polar surface area (TPSA) is 47.0 Å². The van der Waals surface area contributed by atoms with E-state index in [0.29, 0.717) is 6.42 Å². The van der Waals surface area contributed by atoms with Crippen LogP contribution in [0.15, 0.2) is 11.4 Å². The van der Waals surface area contributed by atoms with Gasteiger partial charge in [0, 0.05) is 63.7 Å². The van der Waals surface area contributed by atoms with Crippen molar-refractivity contribution in [2.24, 2.45) is 0 Å². The Bertz CT molecular complexity index is 497. The van der Waals surface area contributed by atoms with E-state index in [1.54, 1.807) is 0 Å². The Balaban J connectivity index is 1.40. The molecule has 0 aliphatic carbocycles. The van der Waals surface area contributed by atoms with Crippen molar-refractivity contribution in [1.29, 1.82) is 0 Å². The zero-order valence-corrected chi connectivity index (χ0v) is 13.9. The Morgan fingerprint density at radius 3 is 2.59 bits per heavy atom. The van der Waals surface area contributed by atoms with E-state index in [1.807, 2.05) is 16.2 Å². The van der Waals surface area contributed by atoms with E-state index >= 15 is 0 Å². The van der Waals surface area contributed by atoms with Gasteiger partial charge >= 0.3 is 0 Å². The molecule has 0 atom stereocenters. The third-order valence-electron chi connectivity index (χ3n) is 4.68. The molecule has 5 nitrogen and oxygen atoms in total. The number of aliphatic hydroxyl groups excluding tert-OH is 1. The van der Waals surface area contributed by atoms with E-state index in [9.17, 15) is 4.79 Å². The van der Waals surface area contributed by atoms with Crippen LogP contribution >= 0.6 is 11.3 Å². The number of rotatable bonds is 5. The molecule has 0 unspecified atom stereocenters. The molecule has 0 aromatic carbocycles. The largest absolute Gasteiger partial charge is 0.395 e. The number of hydrogen-bond acceptors (Lipinski definition) is 5. The van der Waals surface area contributed by atoms with Crippen LogP contribution in [0.4, 0.5) is 0 Å². The normalized spacial score (nSPS) is 20.1. The summed E-state index contributed by atoms with van der Waals surface area (Å²) in [6, 6.07) is 2.15. The van der Waals surface area contributed by atoms with Gasteiger partial charge in [-0.3, -0.25) is 9.69 Å². The molecule has 0 radical (unpaired) electrons. The zero-order chi connectivity index (χ0) is 15.4. The molecule has 1 fully saturated rings. The summed E-state index contributed by atoms with van der Waals surface area (Å²) in [4.78, 5) is 20.5. The van der Waals surface area contributed by atoms with Crippen molar-refractivity contribution in [3.8, 4) is 0 Å². The zero-order valence-electron chi connectivity index (χ0n) is 13.0. The molecule has 1 saturated heterocycles. The Morgan fingerprint density at radius 1 is 1.14 bits per heavy atom. The van der Waals surface area contributed by atoms with Crippen molar-refractivity contribution in [2.45, 2.75) is 19.4 Å². The van der Waals surface area contributed by atoms with Crippen molar-refractivity contribution in [3.05, 3.63) is 21.9 Å². The molecular weight excluding hydrogens is 298 g/mol. The van der Waals surface area contributed by atoms with E-state index in [0.717, 1.165) is 58.8 Å². The molecule has 0 bridgehead atoms. The van der Waals surface area contributed by atoms with Gasteiger partial charge in [-0.25, -0.2) is 0 Å². The Morgan fingerprint density at radius 2 is 1.86 bits per heavy atom. The van der Waals surface area contributed by atoms with Crippen LogP contribution in [0.1, 0.15) is 16.9 Å². The summed E-state index contributed by atoms with van der Waals surface area (Å²) in [6.07, 6.45) is 1.64. The van der Waals surface area contributed by atoms with Gasteiger partial charge in [0.25, 0.3) is 0 Å². The predicted molar refractivity (Wildman–Crippen MR) is 88.0 cm³/mol. The van der Waals surface area contributed by atoms with Crippen molar-refractivity contribution in [1.82, 2.24) is 14.7 Å². The van der Waals surface area contributed by atoms with Crippen molar-refractivity contribution >= 4 is 17.2 Å². The van der Waals surface area contributed by atoms with E-state index in [1.165, 1.54) is 10.4 Å². The number of thiophene rings is 1. The number of amides is 1. The lowest BCUT2D eigenvalue weighted by Crippen LogP contribution is -2.48. The third kappa shape index (κ3) is 3.87. The number of carbonyl (C=O) groups excluding carboxylic acids is 1. The number of β-amino-alcohol motifs (C(OH)–C–C–N with tert-alkyl or cyclic N) is 1. The van der Waals surface area contributed by atoms with E-state index in [-0.39, 0.29) is 12.5 Å². The number of piperazine rings is 1. The number of carbonyl (C=O) groups is 1. The van der Waals surface area contributed by atoms with Crippen LogP contribution in [-0.4, -0.2) is 78.1 Å². The van der Waals surface area contributed by atoms with Gasteiger partial charge in [-0.05, 0) is 23.4 Å². The fraction of sp³-hybridized carbons (Fsp3) is 0.688. The lowest BCUT2D eigenvalue weighted by atomic mass is 10.1. The monoisotopic (exact) mass is 323 g/mol. The van der Waals surface area contributed by atoms with Gasteiger partial charge in [0.2, 0.25) is 5.91 Å². The highest BCUT2D eigenvalue weighted by molar-refractivity contribution is 7.10. The minimum atomic E-state index is 0.234. The molecule has 0 spiro atoms. The molecule has 1 N–H and O–H groups in total. The van der Waals surface area contributed by atoms with Gasteiger partial charge in [0.05, 0.1) is 6.61 Å². The van der Waals surface area contributed by atoms with Crippen LogP contribution in [0.2, 0.25) is 0 Å². The second-order valence-corrected chi connectivity index (χ2v) is 7.09. The lowest BCUT2D eigenvalue weighted by Gasteiger charge is -2.34. The second-order valence-electron chi connectivity index (χ2n) is 6.09. The predicted octanol–water partition coefficient (Wildman–Crippen LogP) is 0.633. The van der Waals surface area contributed by atoms with Crippen LogP contribution < -0.4 is 0 Å². The molecule has 2 aliphatic heterocycles. The molecule has 3 heterocycles. The summed E-state index contributed by atoms with van der Waals surface area (Å²) in [7, 11) is 0. The van der Waals surface area contributed by atoms with Crippen molar-refractivity contribution in [3.63, 3.8) is 0 Å². The van der Waals surface area contributed by atoms with Crippen molar-refractivity contribution in [2.75, 3.05) is 52.4 Å². The molecular formula is C16H25N3O2S. The summed E-state index contributed by atoms with van der Waals surface area (Å²) in [5.74, 6) is 0.287. The highest BCUT2D eigenvalue weighted by Gasteiger charge is 2.22. The molecule has 0 saturated carbocycles. The van der Waals surface area contributed by atoms with Crippen LogP contribution in [0.25, 0.3) is 0 Å². The first-order valence-corrected chi connectivity index (χ1v) is 9.03. The van der Waals surface area contributed by atoms with Gasteiger partial charge in [0.15, 0.2) is 0 Å². The van der Waals surface area contributed by atoms with Gasteiger partial charge in [0.1, 0.15) is 0 Å². The number of nitrogens with zero attached hydrogens (tertiary/aromatic N) is 3. The van der Waals surface area contributed by atoms with E-state index in [4.69, 9.17) is 5.11 Å². The summed E-state index contributed by atoms with van der Waals surface area (Å²) < 4.78 is 0. The average Bonchev–Trinajstić information content (AvgIpc) is 3.01. The maximum Gasteiger partial charge on any atom is 0.224 e. The van der Waals surface area contributed by atoms with E-state index in [2.05, 4.69) is 21.2 Å². The fourth-order valence-corrected chi connectivity index (χ4v) is 4.14. The first kappa shape index (κ1) is 15.9. The van der Waals surface area contributed by atoms with Gasteiger partial charge in [-0.1, -0.05) is 0 Å². The SMILES string of the molecule is O=C(CCN1CCN(CCO)CC1)N1CCc2sccc2C1. The van der Waals surface area contributed by atoms with Crippen LogP contribution in [-0.2, 0) is 17.8 Å². The summed E-state index contributed by atoms with van der Waals surface area (Å²) in [5, 5.41) is 11.1. The molecule has 22 heavy (non-hydrogen) atoms. The van der Waals surface area contributed by atoms with Crippen LogP contribution in [0, 0.1) is 0 Å². The smallest absolute Gasteiger partial charge is 0.224 e. The first-order chi connectivity index (χ1) is 10.8. The molecule has 1 aromatic heterocycles. The molecule has 6 heteroatoms. The lowest BCUT2D eigenvalue weighted by molar-refractivity contribution is -0.132. The maximum atomic E-state index is 12.4. The average molecular weight is 323 g/mol. The summed E-state index contributed by atoms with van der Waals surface area (Å²) in [5.41, 5.74) is 1.34. The van der Waals surface area contributed by atoms with Gasteiger partial charge < -0.3 is 14.9 Å².